The molecule has 0 aliphatic heterocycles. The Morgan fingerprint density at radius 3 is 1.18 bits per heavy atom. The van der Waals surface area contributed by atoms with Crippen LogP contribution in [0.15, 0.2) is 0 Å². The molecule has 0 bridgehead atoms. The molecule has 0 saturated carbocycles. The Morgan fingerprint density at radius 2 is 1.18 bits per heavy atom. The molecule has 0 unspecified atom stereocenters. The van der Waals surface area contributed by atoms with Gasteiger partial charge in [0.25, 0.3) is 0 Å². The normalized spacial score (nSPS) is 10.7. The third-order valence-electron chi connectivity index (χ3n) is 0.191. The van der Waals surface area contributed by atoms with Crippen molar-refractivity contribution < 1.29 is 75.7 Å². The first-order valence-corrected chi connectivity index (χ1v) is 6.69. The van der Waals surface area contributed by atoms with Crippen LogP contribution >= 0.6 is 15.6 Å². The average molecular weight is 410 g/mol. The van der Waals surface area contributed by atoms with E-state index < -0.39 is 26.0 Å². The van der Waals surface area contributed by atoms with E-state index in [9.17, 15) is 13.0 Å². The van der Waals surface area contributed by atoms with Gasteiger partial charge < -0.3 is 30.2 Å². The SMILES string of the molecule is O=P(O)(O)O.O=P(O)(O)OS(=O)(=O)O.[Ca+2].[H-].[H-].[H-].[H-].[Mg+2].[Zn]. The van der Waals surface area contributed by atoms with Crippen LogP contribution in [0.25, 0.3) is 0 Å². The molecule has 17 heteroatoms. The molecule has 0 fully saturated rings. The molecule has 98 valence electrons. The molecule has 0 aromatic rings. The van der Waals surface area contributed by atoms with Crippen molar-refractivity contribution in [3.8, 4) is 0 Å². The molecule has 0 atom stereocenters. The zero-order valence-electron chi connectivity index (χ0n) is 12.1. The molecule has 0 rings (SSSR count). The Morgan fingerprint density at radius 1 is 1.00 bits per heavy atom. The maximum absolute atomic E-state index is 9.58. The van der Waals surface area contributed by atoms with Crippen LogP contribution in [-0.2, 0) is 43.0 Å². The molecule has 0 spiro atoms. The standard InChI is InChI=1S/Ca.Mg.H3O7PS.H3O4P.Zn.4H/c;;1-8(2,3)7-9(4,5)6;1-5(2,3)4;;;;;/h;;(H2,1,2,3)(H,4,5,6);(H3,1,2,3,4);;;;;/q2*+2;;;;4*-1. The summed E-state index contributed by atoms with van der Waals surface area (Å²) in [7, 11) is -14.8. The van der Waals surface area contributed by atoms with E-state index >= 15 is 0 Å². The molecule has 17 heavy (non-hydrogen) atoms. The van der Waals surface area contributed by atoms with Gasteiger partial charge in [-0.15, -0.1) is 3.97 Å². The van der Waals surface area contributed by atoms with Crippen LogP contribution in [0.1, 0.15) is 5.71 Å². The third kappa shape index (κ3) is 68.6. The first-order valence-electron chi connectivity index (χ1n) is 2.23. The van der Waals surface area contributed by atoms with Crippen molar-refractivity contribution in [2.45, 2.75) is 0 Å². The van der Waals surface area contributed by atoms with Crippen molar-refractivity contribution in [1.29, 1.82) is 0 Å². The van der Waals surface area contributed by atoms with E-state index in [4.69, 9.17) is 33.6 Å². The minimum atomic E-state index is -5.13. The van der Waals surface area contributed by atoms with Gasteiger partial charge in [-0.05, 0) is 0 Å². The number of rotatable bonds is 2. The van der Waals surface area contributed by atoms with Crippen LogP contribution in [0.2, 0.25) is 0 Å². The molecule has 11 nitrogen and oxygen atoms in total. The van der Waals surface area contributed by atoms with E-state index in [1.54, 1.807) is 0 Å². The fraction of sp³-hybridized carbons (Fsp3) is 0. The smallest absolute Gasteiger partial charge is 1.00 e. The Bertz CT molecular complexity index is 358. The average Bonchev–Trinajstić information content (AvgIpc) is 1.42. The van der Waals surface area contributed by atoms with Gasteiger partial charge in [0.05, 0.1) is 0 Å². The summed E-state index contributed by atoms with van der Waals surface area (Å²) in [5.74, 6) is 0. The molecular weight excluding hydrogens is 400 g/mol. The van der Waals surface area contributed by atoms with Gasteiger partial charge in [0, 0.05) is 19.5 Å². The fourth-order valence-electron chi connectivity index (χ4n) is 0.123. The van der Waals surface area contributed by atoms with Crippen LogP contribution < -0.4 is 0 Å². The second-order valence-corrected chi connectivity index (χ2v) is 4.97. The number of hydrogen-bond donors (Lipinski definition) is 6. The Labute approximate surface area is 161 Å². The fourth-order valence-corrected chi connectivity index (χ4v) is 1.10. The van der Waals surface area contributed by atoms with E-state index in [1.807, 2.05) is 0 Å². The summed E-state index contributed by atoms with van der Waals surface area (Å²) in [4.78, 5) is 37.0. The van der Waals surface area contributed by atoms with Crippen LogP contribution in [0, 0.1) is 0 Å². The topological polar surface area (TPSA) is 199 Å². The van der Waals surface area contributed by atoms with Gasteiger partial charge in [-0.3, -0.25) is 4.55 Å². The van der Waals surface area contributed by atoms with Gasteiger partial charge in [0.15, 0.2) is 0 Å². The van der Waals surface area contributed by atoms with Crippen molar-refractivity contribution in [1.82, 2.24) is 0 Å². The zero-order chi connectivity index (χ0) is 12.2. The Hall–Kier alpha value is 2.78. The number of phosphoric acid groups is 2. The molecule has 0 aliphatic rings. The molecule has 0 aliphatic carbocycles. The van der Waals surface area contributed by atoms with Gasteiger partial charge in [0.1, 0.15) is 0 Å². The summed E-state index contributed by atoms with van der Waals surface area (Å²) in [5.41, 5.74) is 0. The zero-order valence-corrected chi connectivity index (χ0v) is 17.3. The Balaban J connectivity index is -0.0000000157. The predicted octanol–water partition coefficient (Wildman–Crippen LogP) is -2.34. The van der Waals surface area contributed by atoms with Gasteiger partial charge in [-0.1, -0.05) is 0 Å². The summed E-state index contributed by atoms with van der Waals surface area (Å²) in [6, 6.07) is 0. The molecule has 0 aromatic heterocycles. The van der Waals surface area contributed by atoms with E-state index in [-0.39, 0.29) is 86.0 Å². The summed E-state index contributed by atoms with van der Waals surface area (Å²) in [6.07, 6.45) is 0. The van der Waals surface area contributed by atoms with Crippen LogP contribution in [0.5, 0.6) is 0 Å². The van der Waals surface area contributed by atoms with E-state index in [0.29, 0.717) is 0 Å². The van der Waals surface area contributed by atoms with E-state index in [0.717, 1.165) is 0 Å². The molecule has 0 amide bonds. The molecule has 0 radical (unpaired) electrons. The third-order valence-corrected chi connectivity index (χ3v) is 1.72. The quantitative estimate of drug-likeness (QED) is 0.162. The van der Waals surface area contributed by atoms with Crippen molar-refractivity contribution in [3.63, 3.8) is 0 Å². The van der Waals surface area contributed by atoms with E-state index in [2.05, 4.69) is 3.97 Å². The number of hydrogen-bond acceptors (Lipinski definition) is 5. The van der Waals surface area contributed by atoms with Gasteiger partial charge in [-0.2, -0.15) is 8.42 Å². The largest absolute Gasteiger partial charge is 2.00 e. The summed E-state index contributed by atoms with van der Waals surface area (Å²) < 4.78 is 47.9. The first kappa shape index (κ1) is 31.9. The van der Waals surface area contributed by atoms with Crippen molar-refractivity contribution in [2.75, 3.05) is 0 Å². The van der Waals surface area contributed by atoms with Gasteiger partial charge in [0.2, 0.25) is 0 Å². The Kier molecular flexibility index (Phi) is 23.5. The minimum absolute atomic E-state index is 0. The summed E-state index contributed by atoms with van der Waals surface area (Å²) in [5, 5.41) is 0. The first-order chi connectivity index (χ1) is 5.71. The van der Waals surface area contributed by atoms with Crippen molar-refractivity contribution >= 4 is 86.8 Å². The molecule has 6 N–H and O–H groups in total. The van der Waals surface area contributed by atoms with Gasteiger partial charge in [-0.25, -0.2) is 9.13 Å². The van der Waals surface area contributed by atoms with Crippen LogP contribution in [0.3, 0.4) is 0 Å². The van der Waals surface area contributed by atoms with Crippen LogP contribution in [-0.4, -0.2) is 98.2 Å². The summed E-state index contributed by atoms with van der Waals surface area (Å²) in [6.45, 7) is 0. The second-order valence-electron chi connectivity index (χ2n) is 1.51. The molecular formula is H10CaMgO11P2SZn. The summed E-state index contributed by atoms with van der Waals surface area (Å²) >= 11 is 0. The van der Waals surface area contributed by atoms with Crippen LogP contribution in [0.4, 0.5) is 0 Å². The maximum Gasteiger partial charge on any atom is 2.00 e. The molecule has 0 heterocycles. The van der Waals surface area contributed by atoms with Crippen molar-refractivity contribution in [3.05, 3.63) is 0 Å². The molecule has 0 saturated heterocycles. The maximum atomic E-state index is 9.58. The predicted molar refractivity (Wildman–Crippen MR) is 54.9 cm³/mol. The molecule has 0 aromatic carbocycles. The van der Waals surface area contributed by atoms with E-state index in [1.165, 1.54) is 0 Å². The van der Waals surface area contributed by atoms with Gasteiger partial charge >= 0.3 is 86.8 Å². The second kappa shape index (κ2) is 12.5. The van der Waals surface area contributed by atoms with Crippen molar-refractivity contribution in [2.24, 2.45) is 0 Å². The monoisotopic (exact) mass is 408 g/mol. The minimum Gasteiger partial charge on any atom is -1.00 e.